The lowest BCUT2D eigenvalue weighted by atomic mass is 9.91. The molecule has 15 heavy (non-hydrogen) atoms. The van der Waals surface area contributed by atoms with Gasteiger partial charge in [0.1, 0.15) is 0 Å². The summed E-state index contributed by atoms with van der Waals surface area (Å²) in [6.07, 6.45) is 6.22. The second kappa shape index (κ2) is 4.95. The van der Waals surface area contributed by atoms with Crippen LogP contribution in [0.2, 0.25) is 0 Å². The van der Waals surface area contributed by atoms with Crippen molar-refractivity contribution in [2.75, 3.05) is 0 Å². The normalized spacial score (nSPS) is 24.4. The topological polar surface area (TPSA) is 20.2 Å². The number of hydrogen-bond donors (Lipinski definition) is 1. The molecule has 0 aromatic heterocycles. The highest BCUT2D eigenvalue weighted by Crippen LogP contribution is 2.25. The second-order valence-electron chi connectivity index (χ2n) is 4.03. The van der Waals surface area contributed by atoms with Crippen LogP contribution in [0.4, 0.5) is 0 Å². The minimum Gasteiger partial charge on any atom is -0.389 e. The number of aliphatic hydroxyl groups excluding tert-OH is 1. The molecular weight excluding hydrogens is 252 g/mol. The van der Waals surface area contributed by atoms with Gasteiger partial charge in [0.05, 0.1) is 6.10 Å². The number of rotatable bonds is 1. The first-order valence-electron chi connectivity index (χ1n) is 5.40. The van der Waals surface area contributed by atoms with E-state index in [2.05, 4.69) is 34.1 Å². The molecule has 0 spiro atoms. The van der Waals surface area contributed by atoms with Crippen LogP contribution in [0.15, 0.2) is 34.3 Å². The van der Waals surface area contributed by atoms with E-state index in [4.69, 9.17) is 0 Å². The lowest BCUT2D eigenvalue weighted by Gasteiger charge is -2.20. The summed E-state index contributed by atoms with van der Waals surface area (Å²) in [7, 11) is 0. The van der Waals surface area contributed by atoms with Crippen LogP contribution in [0.25, 0.3) is 6.08 Å². The average molecular weight is 267 g/mol. The molecule has 80 valence electrons. The second-order valence-corrected chi connectivity index (χ2v) is 4.95. The van der Waals surface area contributed by atoms with Crippen molar-refractivity contribution < 1.29 is 5.11 Å². The fourth-order valence-corrected chi connectivity index (χ4v) is 2.22. The molecule has 1 fully saturated rings. The van der Waals surface area contributed by atoms with Crippen LogP contribution in [0, 0.1) is 0 Å². The summed E-state index contributed by atoms with van der Waals surface area (Å²) >= 11 is 3.41. The maximum atomic E-state index is 9.81. The van der Waals surface area contributed by atoms with Gasteiger partial charge in [0.25, 0.3) is 0 Å². The largest absolute Gasteiger partial charge is 0.389 e. The fourth-order valence-electron chi connectivity index (χ4n) is 1.96. The number of hydrogen-bond acceptors (Lipinski definition) is 1. The van der Waals surface area contributed by atoms with Crippen LogP contribution < -0.4 is 0 Å². The molecule has 1 saturated carbocycles. The Kier molecular flexibility index (Phi) is 3.60. The van der Waals surface area contributed by atoms with Crippen molar-refractivity contribution in [1.29, 1.82) is 0 Å². The minimum absolute atomic E-state index is 0.220. The van der Waals surface area contributed by atoms with Crippen LogP contribution >= 0.6 is 15.9 Å². The molecule has 0 saturated heterocycles. The Morgan fingerprint density at radius 3 is 2.60 bits per heavy atom. The molecule has 1 nitrogen and oxygen atoms in total. The molecule has 1 N–H and O–H groups in total. The van der Waals surface area contributed by atoms with E-state index < -0.39 is 0 Å². The Morgan fingerprint density at radius 1 is 1.20 bits per heavy atom. The van der Waals surface area contributed by atoms with Gasteiger partial charge in [0.2, 0.25) is 0 Å². The van der Waals surface area contributed by atoms with Gasteiger partial charge in [-0.3, -0.25) is 0 Å². The predicted octanol–water partition coefficient (Wildman–Crippen LogP) is 3.77. The number of aliphatic hydroxyl groups is 1. The van der Waals surface area contributed by atoms with Gasteiger partial charge in [0, 0.05) is 4.47 Å². The summed E-state index contributed by atoms with van der Waals surface area (Å²) in [6, 6.07) is 8.19. The Morgan fingerprint density at radius 2 is 1.93 bits per heavy atom. The quantitative estimate of drug-likeness (QED) is 0.821. The van der Waals surface area contributed by atoms with E-state index in [1.54, 1.807) is 0 Å². The van der Waals surface area contributed by atoms with Crippen molar-refractivity contribution >= 4 is 22.0 Å². The molecule has 0 amide bonds. The molecule has 0 heterocycles. The predicted molar refractivity (Wildman–Crippen MR) is 66.6 cm³/mol. The zero-order valence-electron chi connectivity index (χ0n) is 8.62. The third-order valence-corrected chi connectivity index (χ3v) is 3.37. The average Bonchev–Trinajstić information content (AvgIpc) is 2.25. The third kappa shape index (κ3) is 2.93. The van der Waals surface area contributed by atoms with Gasteiger partial charge in [0.15, 0.2) is 0 Å². The first kappa shape index (κ1) is 10.9. The van der Waals surface area contributed by atoms with E-state index in [0.717, 1.165) is 23.7 Å². The highest BCUT2D eigenvalue weighted by Gasteiger charge is 2.15. The molecule has 1 atom stereocenters. The summed E-state index contributed by atoms with van der Waals surface area (Å²) in [6.45, 7) is 0. The lowest BCUT2D eigenvalue weighted by molar-refractivity contribution is 0.180. The molecular formula is C13H15BrO. The standard InChI is InChI=1S/C13H15BrO/c14-12-7-5-10(6-8-12)9-11-3-1-2-4-13(11)15/h5-9,13,15H,1-4H2/b11-9+/t13-/m0/s1. The molecule has 0 bridgehead atoms. The summed E-state index contributed by atoms with van der Waals surface area (Å²) < 4.78 is 1.09. The molecule has 1 aromatic carbocycles. The zero-order chi connectivity index (χ0) is 10.7. The molecule has 0 unspecified atom stereocenters. The summed E-state index contributed by atoms with van der Waals surface area (Å²) in [5.41, 5.74) is 2.36. The summed E-state index contributed by atoms with van der Waals surface area (Å²) in [5.74, 6) is 0. The van der Waals surface area contributed by atoms with E-state index in [1.165, 1.54) is 17.6 Å². The highest BCUT2D eigenvalue weighted by molar-refractivity contribution is 9.10. The van der Waals surface area contributed by atoms with E-state index in [1.807, 2.05) is 12.1 Å². The molecule has 2 heteroatoms. The SMILES string of the molecule is O[C@H]1CCCC/C1=C\c1ccc(Br)cc1. The van der Waals surface area contributed by atoms with Gasteiger partial charge in [-0.15, -0.1) is 0 Å². The van der Waals surface area contributed by atoms with Crippen LogP contribution in [0.1, 0.15) is 31.2 Å². The van der Waals surface area contributed by atoms with Gasteiger partial charge >= 0.3 is 0 Å². The summed E-state index contributed by atoms with van der Waals surface area (Å²) in [5, 5.41) is 9.81. The van der Waals surface area contributed by atoms with Gasteiger partial charge in [-0.25, -0.2) is 0 Å². The molecule has 0 radical (unpaired) electrons. The van der Waals surface area contributed by atoms with Crippen molar-refractivity contribution in [3.63, 3.8) is 0 Å². The van der Waals surface area contributed by atoms with E-state index >= 15 is 0 Å². The van der Waals surface area contributed by atoms with Crippen molar-refractivity contribution in [3.8, 4) is 0 Å². The van der Waals surface area contributed by atoms with Crippen LogP contribution in [0.3, 0.4) is 0 Å². The molecule has 2 rings (SSSR count). The Bertz CT molecular complexity index is 353. The smallest absolute Gasteiger partial charge is 0.0753 e. The zero-order valence-corrected chi connectivity index (χ0v) is 10.2. The maximum Gasteiger partial charge on any atom is 0.0753 e. The highest BCUT2D eigenvalue weighted by atomic mass is 79.9. The van der Waals surface area contributed by atoms with Gasteiger partial charge in [-0.1, -0.05) is 40.6 Å². The van der Waals surface area contributed by atoms with Crippen molar-refractivity contribution in [2.24, 2.45) is 0 Å². The lowest BCUT2D eigenvalue weighted by Crippen LogP contribution is -2.14. The Labute approximate surface area is 99.0 Å². The summed E-state index contributed by atoms with van der Waals surface area (Å²) in [4.78, 5) is 0. The molecule has 0 aliphatic heterocycles. The third-order valence-electron chi connectivity index (χ3n) is 2.84. The van der Waals surface area contributed by atoms with Gasteiger partial charge < -0.3 is 5.11 Å². The van der Waals surface area contributed by atoms with Crippen LogP contribution in [-0.2, 0) is 0 Å². The van der Waals surface area contributed by atoms with E-state index in [0.29, 0.717) is 0 Å². The van der Waals surface area contributed by atoms with E-state index in [9.17, 15) is 5.11 Å². The monoisotopic (exact) mass is 266 g/mol. The Hall–Kier alpha value is -0.600. The maximum absolute atomic E-state index is 9.81. The van der Waals surface area contributed by atoms with Crippen molar-refractivity contribution in [2.45, 2.75) is 31.8 Å². The van der Waals surface area contributed by atoms with Crippen LogP contribution in [-0.4, -0.2) is 11.2 Å². The van der Waals surface area contributed by atoms with Gasteiger partial charge in [-0.05, 0) is 42.5 Å². The molecule has 1 aromatic rings. The van der Waals surface area contributed by atoms with Crippen molar-refractivity contribution in [3.05, 3.63) is 39.9 Å². The Balaban J connectivity index is 2.17. The molecule has 1 aliphatic rings. The first-order valence-corrected chi connectivity index (χ1v) is 6.19. The minimum atomic E-state index is -0.220. The molecule has 1 aliphatic carbocycles. The fraction of sp³-hybridized carbons (Fsp3) is 0.385. The first-order chi connectivity index (χ1) is 7.25. The van der Waals surface area contributed by atoms with Gasteiger partial charge in [-0.2, -0.15) is 0 Å². The number of benzene rings is 1. The van der Waals surface area contributed by atoms with E-state index in [-0.39, 0.29) is 6.10 Å². The van der Waals surface area contributed by atoms with Crippen molar-refractivity contribution in [1.82, 2.24) is 0 Å². The van der Waals surface area contributed by atoms with Crippen LogP contribution in [0.5, 0.6) is 0 Å². The number of halogens is 1.